The lowest BCUT2D eigenvalue weighted by Gasteiger charge is -2.35. The first-order valence-corrected chi connectivity index (χ1v) is 8.64. The summed E-state index contributed by atoms with van der Waals surface area (Å²) in [6, 6.07) is 3.83. The van der Waals surface area contributed by atoms with Gasteiger partial charge in [0.15, 0.2) is 0 Å². The fraction of sp³-hybridized carbons (Fsp3) is 0.474. The highest BCUT2D eigenvalue weighted by atomic mass is 16.2. The van der Waals surface area contributed by atoms with Gasteiger partial charge in [0.25, 0.3) is 5.91 Å². The van der Waals surface area contributed by atoms with Gasteiger partial charge < -0.3 is 9.80 Å². The van der Waals surface area contributed by atoms with Crippen LogP contribution < -0.4 is 4.90 Å². The normalized spacial score (nSPS) is 15.4. The first kappa shape index (κ1) is 17.3. The summed E-state index contributed by atoms with van der Waals surface area (Å²) in [6.45, 7) is 11.2. The van der Waals surface area contributed by atoms with E-state index in [2.05, 4.69) is 40.6 Å². The molecule has 3 rings (SSSR count). The lowest BCUT2D eigenvalue weighted by molar-refractivity contribution is 0.0740. The minimum Gasteiger partial charge on any atom is -0.352 e. The van der Waals surface area contributed by atoms with Gasteiger partial charge in [-0.3, -0.25) is 14.8 Å². The zero-order valence-electron chi connectivity index (χ0n) is 15.4. The fourth-order valence-corrected chi connectivity index (χ4v) is 2.96. The van der Waals surface area contributed by atoms with Crippen molar-refractivity contribution in [1.29, 1.82) is 0 Å². The number of hydrogen-bond donors (Lipinski definition) is 0. The number of aromatic nitrogens is 3. The number of nitrogens with zero attached hydrogens (tertiary/aromatic N) is 5. The summed E-state index contributed by atoms with van der Waals surface area (Å²) >= 11 is 0. The van der Waals surface area contributed by atoms with Gasteiger partial charge in [0.1, 0.15) is 11.5 Å². The minimum absolute atomic E-state index is 0.00373. The first-order chi connectivity index (χ1) is 11.9. The molecular formula is C19H25N5O. The molecule has 0 saturated carbocycles. The summed E-state index contributed by atoms with van der Waals surface area (Å²) < 4.78 is 0. The Morgan fingerprint density at radius 1 is 1.00 bits per heavy atom. The van der Waals surface area contributed by atoms with E-state index in [4.69, 9.17) is 0 Å². The zero-order chi connectivity index (χ0) is 18.0. The van der Waals surface area contributed by atoms with E-state index in [1.807, 2.05) is 30.2 Å². The van der Waals surface area contributed by atoms with Gasteiger partial charge in [-0.2, -0.15) is 0 Å². The van der Waals surface area contributed by atoms with Gasteiger partial charge >= 0.3 is 0 Å². The molecule has 0 aliphatic carbocycles. The van der Waals surface area contributed by atoms with Gasteiger partial charge in [0, 0.05) is 44.8 Å². The monoisotopic (exact) mass is 339 g/mol. The summed E-state index contributed by atoms with van der Waals surface area (Å²) in [5.74, 6) is 0.901. The van der Waals surface area contributed by atoms with E-state index in [0.29, 0.717) is 18.8 Å². The predicted octanol–water partition coefficient (Wildman–Crippen LogP) is 2.44. The molecule has 6 heteroatoms. The van der Waals surface area contributed by atoms with Gasteiger partial charge in [-0.15, -0.1) is 0 Å². The maximum absolute atomic E-state index is 12.7. The maximum atomic E-state index is 12.7. The van der Waals surface area contributed by atoms with Crippen molar-refractivity contribution in [3.8, 4) is 0 Å². The van der Waals surface area contributed by atoms with Crippen LogP contribution in [0.4, 0.5) is 5.82 Å². The van der Waals surface area contributed by atoms with Crippen molar-refractivity contribution in [3.63, 3.8) is 0 Å². The third kappa shape index (κ3) is 3.78. The molecular weight excluding hydrogens is 314 g/mol. The number of hydrogen-bond acceptors (Lipinski definition) is 5. The van der Waals surface area contributed by atoms with E-state index in [1.54, 1.807) is 12.4 Å². The van der Waals surface area contributed by atoms with E-state index in [0.717, 1.165) is 30.2 Å². The Kier molecular flexibility index (Phi) is 4.70. The van der Waals surface area contributed by atoms with Crippen LogP contribution in [0.3, 0.4) is 0 Å². The second-order valence-corrected chi connectivity index (χ2v) is 7.43. The first-order valence-electron chi connectivity index (χ1n) is 8.64. The van der Waals surface area contributed by atoms with Gasteiger partial charge in [0.05, 0.1) is 5.69 Å². The van der Waals surface area contributed by atoms with Crippen LogP contribution in [-0.2, 0) is 5.41 Å². The molecule has 0 radical (unpaired) electrons. The smallest absolute Gasteiger partial charge is 0.272 e. The van der Waals surface area contributed by atoms with Crippen LogP contribution in [0, 0.1) is 6.92 Å². The molecule has 25 heavy (non-hydrogen) atoms. The lowest BCUT2D eigenvalue weighted by Crippen LogP contribution is -2.49. The summed E-state index contributed by atoms with van der Waals surface area (Å²) in [4.78, 5) is 29.8. The van der Waals surface area contributed by atoms with Crippen LogP contribution in [-0.4, -0.2) is 51.9 Å². The molecule has 132 valence electrons. The molecule has 1 aliphatic rings. The lowest BCUT2D eigenvalue weighted by atomic mass is 9.88. The summed E-state index contributed by atoms with van der Waals surface area (Å²) in [5, 5.41) is 0. The Morgan fingerprint density at radius 3 is 2.24 bits per heavy atom. The van der Waals surface area contributed by atoms with Crippen LogP contribution in [0.25, 0.3) is 0 Å². The van der Waals surface area contributed by atoms with Gasteiger partial charge in [-0.05, 0) is 24.0 Å². The number of piperazine rings is 1. The molecule has 1 aliphatic heterocycles. The van der Waals surface area contributed by atoms with Crippen molar-refractivity contribution in [2.24, 2.45) is 0 Å². The highest BCUT2D eigenvalue weighted by Gasteiger charge is 2.25. The fourth-order valence-electron chi connectivity index (χ4n) is 2.96. The second-order valence-electron chi connectivity index (χ2n) is 7.43. The van der Waals surface area contributed by atoms with Crippen molar-refractivity contribution in [1.82, 2.24) is 19.9 Å². The molecule has 0 atom stereocenters. The average Bonchev–Trinajstić information content (AvgIpc) is 2.61. The van der Waals surface area contributed by atoms with Crippen LogP contribution in [0.1, 0.15) is 42.5 Å². The Labute approximate surface area is 148 Å². The van der Waals surface area contributed by atoms with Crippen molar-refractivity contribution in [2.75, 3.05) is 31.1 Å². The molecule has 0 spiro atoms. The highest BCUT2D eigenvalue weighted by Crippen LogP contribution is 2.22. The van der Waals surface area contributed by atoms with E-state index in [-0.39, 0.29) is 11.3 Å². The molecule has 6 nitrogen and oxygen atoms in total. The van der Waals surface area contributed by atoms with Crippen LogP contribution >= 0.6 is 0 Å². The Balaban J connectivity index is 1.65. The maximum Gasteiger partial charge on any atom is 0.272 e. The van der Waals surface area contributed by atoms with Gasteiger partial charge in [-0.25, -0.2) is 4.98 Å². The quantitative estimate of drug-likeness (QED) is 0.841. The van der Waals surface area contributed by atoms with Gasteiger partial charge in [-0.1, -0.05) is 26.8 Å². The van der Waals surface area contributed by atoms with E-state index < -0.39 is 0 Å². The highest BCUT2D eigenvalue weighted by molar-refractivity contribution is 5.92. The summed E-state index contributed by atoms with van der Waals surface area (Å²) in [5.41, 5.74) is 2.60. The number of carbonyl (C=O) groups excluding carboxylic acids is 1. The van der Waals surface area contributed by atoms with E-state index >= 15 is 0 Å². The number of amides is 1. The molecule has 0 unspecified atom stereocenters. The molecule has 1 amide bonds. The van der Waals surface area contributed by atoms with Crippen molar-refractivity contribution < 1.29 is 4.79 Å². The summed E-state index contributed by atoms with van der Waals surface area (Å²) in [6.07, 6.45) is 5.22. The molecule has 0 N–H and O–H groups in total. The van der Waals surface area contributed by atoms with Crippen molar-refractivity contribution in [2.45, 2.75) is 33.1 Å². The number of rotatable bonds is 2. The average molecular weight is 339 g/mol. The number of anilines is 1. The SMILES string of the molecule is Cc1nccnc1N1CCN(C(=O)c2ccc(C(C)(C)C)cn2)CC1. The second kappa shape index (κ2) is 6.78. The van der Waals surface area contributed by atoms with E-state index in [9.17, 15) is 4.79 Å². The summed E-state index contributed by atoms with van der Waals surface area (Å²) in [7, 11) is 0. The Bertz CT molecular complexity index is 743. The van der Waals surface area contributed by atoms with Crippen LogP contribution in [0.5, 0.6) is 0 Å². The van der Waals surface area contributed by atoms with E-state index in [1.165, 1.54) is 0 Å². The van der Waals surface area contributed by atoms with Crippen LogP contribution in [0.2, 0.25) is 0 Å². The number of carbonyl (C=O) groups is 1. The molecule has 3 heterocycles. The Morgan fingerprint density at radius 2 is 1.68 bits per heavy atom. The van der Waals surface area contributed by atoms with Crippen molar-refractivity contribution in [3.05, 3.63) is 47.7 Å². The van der Waals surface area contributed by atoms with Crippen molar-refractivity contribution >= 4 is 11.7 Å². The largest absolute Gasteiger partial charge is 0.352 e. The zero-order valence-corrected chi connectivity index (χ0v) is 15.4. The topological polar surface area (TPSA) is 62.2 Å². The number of pyridine rings is 1. The standard InChI is InChI=1S/C19H25N5O/c1-14-17(21-8-7-20-14)23-9-11-24(12-10-23)18(25)16-6-5-15(13-22-16)19(2,3)4/h5-8,13H,9-12H2,1-4H3. The molecule has 1 fully saturated rings. The molecule has 1 saturated heterocycles. The molecule has 0 bridgehead atoms. The van der Waals surface area contributed by atoms with Crippen LogP contribution in [0.15, 0.2) is 30.7 Å². The van der Waals surface area contributed by atoms with Gasteiger partial charge in [0.2, 0.25) is 0 Å². The molecule has 0 aromatic carbocycles. The predicted molar refractivity (Wildman–Crippen MR) is 97.8 cm³/mol. The third-order valence-electron chi connectivity index (χ3n) is 4.57. The third-order valence-corrected chi connectivity index (χ3v) is 4.57. The Hall–Kier alpha value is -2.50. The molecule has 2 aromatic rings. The number of aryl methyl sites for hydroxylation is 1. The molecule has 2 aromatic heterocycles. The minimum atomic E-state index is -0.00373.